The molecule has 0 spiro atoms. The third-order valence-corrected chi connectivity index (χ3v) is 3.27. The van der Waals surface area contributed by atoms with Gasteiger partial charge in [-0.3, -0.25) is 4.79 Å². The van der Waals surface area contributed by atoms with Crippen molar-refractivity contribution in [3.05, 3.63) is 29.8 Å². The van der Waals surface area contributed by atoms with Crippen molar-refractivity contribution < 1.29 is 4.79 Å². The Morgan fingerprint density at radius 2 is 1.94 bits per heavy atom. The summed E-state index contributed by atoms with van der Waals surface area (Å²) in [7, 11) is 0. The molecule has 2 aromatic carbocycles. The van der Waals surface area contributed by atoms with Crippen LogP contribution in [0.25, 0.3) is 10.8 Å². The van der Waals surface area contributed by atoms with Gasteiger partial charge in [0.2, 0.25) is 5.91 Å². The zero-order valence-electron chi connectivity index (χ0n) is 8.95. The first-order chi connectivity index (χ1) is 8.33. The van der Waals surface area contributed by atoms with Crippen LogP contribution in [0.3, 0.4) is 0 Å². The van der Waals surface area contributed by atoms with Crippen molar-refractivity contribution in [2.45, 2.75) is 6.42 Å². The van der Waals surface area contributed by atoms with Crippen LogP contribution in [-0.2, 0) is 11.2 Å². The summed E-state index contributed by atoms with van der Waals surface area (Å²) in [5.74, 6) is 0.0489. The van der Waals surface area contributed by atoms with Gasteiger partial charge in [0, 0.05) is 22.1 Å². The number of carbonyl (C=O) groups excluding carboxylic acids is 1. The minimum atomic E-state index is 0.0489. The highest BCUT2D eigenvalue weighted by atomic mass is 16.1. The van der Waals surface area contributed by atoms with Gasteiger partial charge >= 0.3 is 0 Å². The molecule has 4 nitrogen and oxygen atoms in total. The van der Waals surface area contributed by atoms with Crippen LogP contribution < -0.4 is 10.6 Å². The first-order valence-corrected chi connectivity index (χ1v) is 5.50. The number of hydrogen-bond donors (Lipinski definition) is 2. The van der Waals surface area contributed by atoms with Gasteiger partial charge in [-0.15, -0.1) is 0 Å². The summed E-state index contributed by atoms with van der Waals surface area (Å²) in [6, 6.07) is 7.88. The van der Waals surface area contributed by atoms with Gasteiger partial charge in [0.1, 0.15) is 0 Å². The number of carbonyl (C=O) groups is 1. The molecule has 0 unspecified atom stereocenters. The SMILES string of the molecule is O=C1Cc2ccc3c4c(ccc(c24)N1)NC=N3. The number of aliphatic imine (C=N–C) groups is 1. The van der Waals surface area contributed by atoms with E-state index in [1.807, 2.05) is 24.3 Å². The van der Waals surface area contributed by atoms with Crippen molar-refractivity contribution in [3.8, 4) is 0 Å². The van der Waals surface area contributed by atoms with Crippen LogP contribution in [0.1, 0.15) is 5.56 Å². The summed E-state index contributed by atoms with van der Waals surface area (Å²) in [5, 5.41) is 8.26. The average molecular weight is 223 g/mol. The van der Waals surface area contributed by atoms with Gasteiger partial charge in [0.05, 0.1) is 18.4 Å². The van der Waals surface area contributed by atoms with Gasteiger partial charge in [-0.1, -0.05) is 6.07 Å². The Hall–Kier alpha value is -2.36. The highest BCUT2D eigenvalue weighted by Crippen LogP contribution is 2.42. The normalized spacial score (nSPS) is 15.6. The molecule has 2 aliphatic heterocycles. The fourth-order valence-electron chi connectivity index (χ4n) is 2.57. The molecule has 0 fully saturated rings. The molecule has 0 radical (unpaired) electrons. The second-order valence-corrected chi connectivity index (χ2v) is 4.28. The van der Waals surface area contributed by atoms with Crippen molar-refractivity contribution in [1.82, 2.24) is 0 Å². The van der Waals surface area contributed by atoms with Crippen LogP contribution >= 0.6 is 0 Å². The van der Waals surface area contributed by atoms with E-state index in [1.54, 1.807) is 6.34 Å². The lowest BCUT2D eigenvalue weighted by Gasteiger charge is -2.22. The number of anilines is 2. The minimum Gasteiger partial charge on any atom is -0.346 e. The summed E-state index contributed by atoms with van der Waals surface area (Å²) in [4.78, 5) is 15.9. The highest BCUT2D eigenvalue weighted by molar-refractivity contribution is 6.18. The molecule has 17 heavy (non-hydrogen) atoms. The summed E-state index contributed by atoms with van der Waals surface area (Å²) in [5.41, 5.74) is 3.96. The molecule has 4 heteroatoms. The molecular weight excluding hydrogens is 214 g/mol. The van der Waals surface area contributed by atoms with E-state index in [9.17, 15) is 4.79 Å². The second-order valence-electron chi connectivity index (χ2n) is 4.28. The van der Waals surface area contributed by atoms with Gasteiger partial charge in [-0.05, 0) is 23.8 Å². The molecule has 2 aliphatic rings. The topological polar surface area (TPSA) is 53.5 Å². The maximum Gasteiger partial charge on any atom is 0.228 e. The molecular formula is C13H9N3O. The molecule has 0 atom stereocenters. The quantitative estimate of drug-likeness (QED) is 0.720. The molecule has 1 amide bonds. The molecule has 0 saturated carbocycles. The third kappa shape index (κ3) is 1.07. The van der Waals surface area contributed by atoms with E-state index in [4.69, 9.17) is 0 Å². The van der Waals surface area contributed by atoms with Crippen LogP contribution in [-0.4, -0.2) is 12.2 Å². The number of amides is 1. The molecule has 4 rings (SSSR count). The Balaban J connectivity index is 2.21. The molecule has 0 aliphatic carbocycles. The van der Waals surface area contributed by atoms with Crippen LogP contribution in [0.4, 0.5) is 17.1 Å². The molecule has 2 aromatic rings. The monoisotopic (exact) mass is 223 g/mol. The van der Waals surface area contributed by atoms with Crippen molar-refractivity contribution in [1.29, 1.82) is 0 Å². The first-order valence-electron chi connectivity index (χ1n) is 5.50. The van der Waals surface area contributed by atoms with Crippen LogP contribution in [0, 0.1) is 0 Å². The third-order valence-electron chi connectivity index (χ3n) is 3.27. The van der Waals surface area contributed by atoms with E-state index in [2.05, 4.69) is 15.6 Å². The average Bonchev–Trinajstić information content (AvgIpc) is 2.35. The van der Waals surface area contributed by atoms with Crippen LogP contribution in [0.5, 0.6) is 0 Å². The first kappa shape index (κ1) is 8.75. The number of rotatable bonds is 0. The maximum absolute atomic E-state index is 11.6. The lowest BCUT2D eigenvalue weighted by molar-refractivity contribution is -0.115. The lowest BCUT2D eigenvalue weighted by Crippen LogP contribution is -2.19. The smallest absolute Gasteiger partial charge is 0.228 e. The fraction of sp³-hybridized carbons (Fsp3) is 0.0769. The molecule has 0 aromatic heterocycles. The van der Waals surface area contributed by atoms with Crippen LogP contribution in [0.15, 0.2) is 29.3 Å². The van der Waals surface area contributed by atoms with Gasteiger partial charge in [0.25, 0.3) is 0 Å². The molecule has 2 heterocycles. The fourth-order valence-corrected chi connectivity index (χ4v) is 2.57. The Labute approximate surface area is 97.4 Å². The number of hydrogen-bond acceptors (Lipinski definition) is 3. The lowest BCUT2D eigenvalue weighted by atomic mass is 9.94. The number of nitrogens with one attached hydrogen (secondary N) is 2. The standard InChI is InChI=1S/C13H9N3O/c17-11-5-7-1-2-8-13-9(15-6-14-8)3-4-10(16-11)12(7)13/h1-4,6H,5H2,(H,14,15)(H,16,17). The van der Waals surface area contributed by atoms with E-state index in [1.165, 1.54) is 0 Å². The van der Waals surface area contributed by atoms with E-state index in [0.29, 0.717) is 6.42 Å². The Kier molecular flexibility index (Phi) is 1.47. The second kappa shape index (κ2) is 2.85. The van der Waals surface area contributed by atoms with Gasteiger partial charge < -0.3 is 10.6 Å². The van der Waals surface area contributed by atoms with Crippen molar-refractivity contribution in [2.24, 2.45) is 4.99 Å². The Morgan fingerprint density at radius 1 is 1.06 bits per heavy atom. The maximum atomic E-state index is 11.6. The van der Waals surface area contributed by atoms with E-state index in [0.717, 1.165) is 33.4 Å². The molecule has 82 valence electrons. The summed E-state index contributed by atoms with van der Waals surface area (Å²) in [6.07, 6.45) is 2.14. The largest absolute Gasteiger partial charge is 0.346 e. The summed E-state index contributed by atoms with van der Waals surface area (Å²) in [6.45, 7) is 0. The van der Waals surface area contributed by atoms with E-state index < -0.39 is 0 Å². The van der Waals surface area contributed by atoms with Gasteiger partial charge in [0.15, 0.2) is 0 Å². The molecule has 0 saturated heterocycles. The van der Waals surface area contributed by atoms with Crippen LogP contribution in [0.2, 0.25) is 0 Å². The predicted molar refractivity (Wildman–Crippen MR) is 68.1 cm³/mol. The van der Waals surface area contributed by atoms with Crippen molar-refractivity contribution in [3.63, 3.8) is 0 Å². The zero-order chi connectivity index (χ0) is 11.4. The highest BCUT2D eigenvalue weighted by Gasteiger charge is 2.21. The molecule has 2 N–H and O–H groups in total. The molecule has 0 bridgehead atoms. The Bertz CT molecular complexity index is 689. The van der Waals surface area contributed by atoms with E-state index >= 15 is 0 Å². The van der Waals surface area contributed by atoms with E-state index in [-0.39, 0.29) is 5.91 Å². The Morgan fingerprint density at radius 3 is 2.88 bits per heavy atom. The predicted octanol–water partition coefficient (Wildman–Crippen LogP) is 2.42. The number of nitrogens with zero attached hydrogens (tertiary/aromatic N) is 1. The number of benzene rings is 2. The summed E-state index contributed by atoms with van der Waals surface area (Å²) >= 11 is 0. The van der Waals surface area contributed by atoms with Gasteiger partial charge in [-0.25, -0.2) is 4.99 Å². The minimum absolute atomic E-state index is 0.0489. The van der Waals surface area contributed by atoms with Gasteiger partial charge in [-0.2, -0.15) is 0 Å². The zero-order valence-corrected chi connectivity index (χ0v) is 8.95. The van der Waals surface area contributed by atoms with Crippen molar-refractivity contribution in [2.75, 3.05) is 10.6 Å². The van der Waals surface area contributed by atoms with Crippen molar-refractivity contribution >= 4 is 40.1 Å². The summed E-state index contributed by atoms with van der Waals surface area (Å²) < 4.78 is 0.